The molecule has 2 amide bonds. The Kier molecular flexibility index (Phi) is 5.81. The number of hydrogen-bond donors (Lipinski definition) is 0. The molecule has 2 aliphatic heterocycles. The Balaban J connectivity index is 1.40. The number of piperazine rings is 1. The lowest BCUT2D eigenvalue weighted by molar-refractivity contribution is -0.140. The lowest BCUT2D eigenvalue weighted by Gasteiger charge is -2.38. The van der Waals surface area contributed by atoms with Crippen LogP contribution in [0.2, 0.25) is 10.0 Å². The van der Waals surface area contributed by atoms with Crippen molar-refractivity contribution < 1.29 is 9.59 Å². The van der Waals surface area contributed by atoms with Gasteiger partial charge in [0.05, 0.1) is 19.0 Å². The van der Waals surface area contributed by atoms with Crippen molar-refractivity contribution in [1.29, 1.82) is 0 Å². The number of benzene rings is 2. The number of aryl methyl sites for hydroxylation is 1. The molecule has 0 unspecified atom stereocenters. The summed E-state index contributed by atoms with van der Waals surface area (Å²) in [6.45, 7) is 5.46. The van der Waals surface area contributed by atoms with Crippen LogP contribution in [0.15, 0.2) is 42.5 Å². The number of carbonyl (C=O) groups excluding carboxylic acids is 2. The van der Waals surface area contributed by atoms with E-state index in [2.05, 4.69) is 16.7 Å². The summed E-state index contributed by atoms with van der Waals surface area (Å²) >= 11 is 12.1. The van der Waals surface area contributed by atoms with Crippen molar-refractivity contribution in [3.8, 4) is 0 Å². The highest BCUT2D eigenvalue weighted by atomic mass is 35.5. The Labute approximate surface area is 180 Å². The second-order valence-corrected chi connectivity index (χ2v) is 8.49. The van der Waals surface area contributed by atoms with Crippen LogP contribution < -0.4 is 4.90 Å². The molecule has 152 valence electrons. The van der Waals surface area contributed by atoms with Gasteiger partial charge < -0.3 is 4.90 Å². The quantitative estimate of drug-likeness (QED) is 0.691. The molecule has 29 heavy (non-hydrogen) atoms. The molecule has 2 saturated heterocycles. The molecular weight excluding hydrogens is 409 g/mol. The van der Waals surface area contributed by atoms with Gasteiger partial charge in [0.15, 0.2) is 0 Å². The first kappa shape index (κ1) is 20.2. The summed E-state index contributed by atoms with van der Waals surface area (Å²) in [5, 5.41) is 1.36. The van der Waals surface area contributed by atoms with E-state index in [1.807, 2.05) is 30.3 Å². The van der Waals surface area contributed by atoms with E-state index in [1.54, 1.807) is 12.1 Å². The fraction of sp³-hybridized carbons (Fsp3) is 0.364. The molecule has 7 heteroatoms. The maximum Gasteiger partial charge on any atom is 0.247 e. The van der Waals surface area contributed by atoms with Gasteiger partial charge in [-0.25, -0.2) is 0 Å². The number of imide groups is 1. The van der Waals surface area contributed by atoms with Gasteiger partial charge in [-0.1, -0.05) is 41.4 Å². The van der Waals surface area contributed by atoms with E-state index in [0.29, 0.717) is 11.6 Å². The van der Waals surface area contributed by atoms with Gasteiger partial charge in [0.2, 0.25) is 11.8 Å². The van der Waals surface area contributed by atoms with Crippen molar-refractivity contribution >= 4 is 40.7 Å². The zero-order valence-electron chi connectivity index (χ0n) is 16.3. The van der Waals surface area contributed by atoms with Crippen LogP contribution in [0.3, 0.4) is 0 Å². The zero-order valence-corrected chi connectivity index (χ0v) is 17.8. The van der Waals surface area contributed by atoms with Crippen LogP contribution in [0.4, 0.5) is 5.69 Å². The molecule has 2 heterocycles. The Morgan fingerprint density at radius 2 is 1.59 bits per heavy atom. The number of hydrogen-bond acceptors (Lipinski definition) is 4. The fourth-order valence-corrected chi connectivity index (χ4v) is 4.38. The highest BCUT2D eigenvalue weighted by molar-refractivity contribution is 6.31. The molecule has 0 aromatic heterocycles. The molecule has 1 atom stereocenters. The topological polar surface area (TPSA) is 43.9 Å². The van der Waals surface area contributed by atoms with E-state index in [0.717, 1.165) is 42.5 Å². The van der Waals surface area contributed by atoms with Gasteiger partial charge in [-0.3, -0.25) is 19.4 Å². The first-order valence-electron chi connectivity index (χ1n) is 9.76. The van der Waals surface area contributed by atoms with Crippen LogP contribution in [0, 0.1) is 6.92 Å². The van der Waals surface area contributed by atoms with Crippen molar-refractivity contribution in [2.45, 2.75) is 25.9 Å². The summed E-state index contributed by atoms with van der Waals surface area (Å²) in [5.74, 6) is -0.208. The third-order valence-corrected chi connectivity index (χ3v) is 6.23. The first-order chi connectivity index (χ1) is 13.9. The Bertz CT molecular complexity index is 924. The predicted octanol–water partition coefficient (Wildman–Crippen LogP) is 3.75. The molecule has 0 radical (unpaired) electrons. The number of rotatable bonds is 4. The molecule has 0 bridgehead atoms. The SMILES string of the molecule is Cc1ccc(Cl)cc1N1CCN([C@@H]2CC(=O)N(Cc3ccc(Cl)cc3)C2=O)CC1. The Morgan fingerprint density at radius 3 is 2.28 bits per heavy atom. The Morgan fingerprint density at radius 1 is 0.931 bits per heavy atom. The van der Waals surface area contributed by atoms with E-state index in [-0.39, 0.29) is 24.3 Å². The third kappa shape index (κ3) is 4.27. The van der Waals surface area contributed by atoms with Crippen molar-refractivity contribution in [1.82, 2.24) is 9.80 Å². The molecule has 0 N–H and O–H groups in total. The van der Waals surface area contributed by atoms with Gasteiger partial charge in [0.25, 0.3) is 0 Å². The van der Waals surface area contributed by atoms with E-state index in [1.165, 1.54) is 10.5 Å². The number of amides is 2. The fourth-order valence-electron chi connectivity index (χ4n) is 4.09. The summed E-state index contributed by atoms with van der Waals surface area (Å²) < 4.78 is 0. The molecule has 2 fully saturated rings. The zero-order chi connectivity index (χ0) is 20.5. The minimum absolute atomic E-state index is 0.0997. The first-order valence-corrected chi connectivity index (χ1v) is 10.5. The molecular formula is C22H23Cl2N3O2. The van der Waals surface area contributed by atoms with Crippen LogP contribution >= 0.6 is 23.2 Å². The van der Waals surface area contributed by atoms with Crippen LogP contribution in [0.5, 0.6) is 0 Å². The monoisotopic (exact) mass is 431 g/mol. The van der Waals surface area contributed by atoms with Gasteiger partial charge in [-0.05, 0) is 42.3 Å². The lowest BCUT2D eigenvalue weighted by atomic mass is 10.1. The molecule has 5 nitrogen and oxygen atoms in total. The standard InChI is InChI=1S/C22H23Cl2N3O2/c1-15-2-5-18(24)12-19(15)25-8-10-26(11-9-25)20-13-21(28)27(22(20)29)14-16-3-6-17(23)7-4-16/h2-7,12,20H,8-11,13-14H2,1H3/t20-/m1/s1. The van der Waals surface area contributed by atoms with Gasteiger partial charge >= 0.3 is 0 Å². The van der Waals surface area contributed by atoms with Crippen molar-refractivity contribution in [2.24, 2.45) is 0 Å². The maximum atomic E-state index is 12.9. The molecule has 0 aliphatic carbocycles. The number of anilines is 1. The predicted molar refractivity (Wildman–Crippen MR) is 115 cm³/mol. The molecule has 0 saturated carbocycles. The normalized spacial score (nSPS) is 20.6. The van der Waals surface area contributed by atoms with Crippen LogP contribution in [0.1, 0.15) is 17.5 Å². The Hall–Kier alpha value is -2.08. The summed E-state index contributed by atoms with van der Waals surface area (Å²) in [5.41, 5.74) is 3.22. The van der Waals surface area contributed by atoms with Crippen molar-refractivity contribution in [3.05, 3.63) is 63.6 Å². The second-order valence-electron chi connectivity index (χ2n) is 7.62. The van der Waals surface area contributed by atoms with E-state index in [9.17, 15) is 9.59 Å². The van der Waals surface area contributed by atoms with Gasteiger partial charge in [0, 0.05) is 41.9 Å². The molecule has 0 spiro atoms. The van der Waals surface area contributed by atoms with Crippen LogP contribution in [-0.2, 0) is 16.1 Å². The van der Waals surface area contributed by atoms with Crippen molar-refractivity contribution in [2.75, 3.05) is 31.1 Å². The third-order valence-electron chi connectivity index (χ3n) is 5.74. The molecule has 2 aliphatic rings. The summed E-state index contributed by atoms with van der Waals surface area (Å²) in [4.78, 5) is 31.3. The number of carbonyl (C=O) groups is 2. The average molecular weight is 432 g/mol. The molecule has 2 aromatic rings. The number of halogens is 2. The second kappa shape index (κ2) is 8.34. The highest BCUT2D eigenvalue weighted by Gasteiger charge is 2.42. The lowest BCUT2D eigenvalue weighted by Crippen LogP contribution is -2.52. The van der Waals surface area contributed by atoms with Gasteiger partial charge in [-0.15, -0.1) is 0 Å². The minimum Gasteiger partial charge on any atom is -0.369 e. The summed E-state index contributed by atoms with van der Waals surface area (Å²) in [6.07, 6.45) is 0.253. The minimum atomic E-state index is -0.364. The summed E-state index contributed by atoms with van der Waals surface area (Å²) in [6, 6.07) is 12.8. The van der Waals surface area contributed by atoms with Crippen LogP contribution in [0.25, 0.3) is 0 Å². The largest absolute Gasteiger partial charge is 0.369 e. The van der Waals surface area contributed by atoms with E-state index >= 15 is 0 Å². The van der Waals surface area contributed by atoms with Gasteiger partial charge in [-0.2, -0.15) is 0 Å². The number of nitrogens with zero attached hydrogens (tertiary/aromatic N) is 3. The van der Waals surface area contributed by atoms with E-state index in [4.69, 9.17) is 23.2 Å². The molecule has 4 rings (SSSR count). The number of likely N-dealkylation sites (tertiary alicyclic amines) is 1. The van der Waals surface area contributed by atoms with E-state index < -0.39 is 0 Å². The maximum absolute atomic E-state index is 12.9. The molecule has 2 aromatic carbocycles. The van der Waals surface area contributed by atoms with Crippen LogP contribution in [-0.4, -0.2) is 53.8 Å². The smallest absolute Gasteiger partial charge is 0.247 e. The van der Waals surface area contributed by atoms with Gasteiger partial charge in [0.1, 0.15) is 0 Å². The summed E-state index contributed by atoms with van der Waals surface area (Å²) in [7, 11) is 0. The van der Waals surface area contributed by atoms with Crippen molar-refractivity contribution in [3.63, 3.8) is 0 Å². The average Bonchev–Trinajstić information content (AvgIpc) is 3.00. The highest BCUT2D eigenvalue weighted by Crippen LogP contribution is 2.27.